The number of fused-ring (bicyclic) bond motifs is 2. The molecular weight excluding hydrogens is 438 g/mol. The molecule has 3 aliphatic heterocycles. The number of nitrogens with zero attached hydrogens (tertiary/aromatic N) is 5. The average Bonchev–Trinajstić information content (AvgIpc) is 3.22. The Morgan fingerprint density at radius 3 is 2.51 bits per heavy atom. The zero-order valence-corrected chi connectivity index (χ0v) is 20.6. The van der Waals surface area contributed by atoms with Crippen LogP contribution in [0.15, 0.2) is 54.9 Å². The average molecular weight is 472 g/mol. The van der Waals surface area contributed by atoms with E-state index in [0.717, 1.165) is 68.9 Å². The molecule has 1 atom stereocenters. The minimum absolute atomic E-state index is 0.0212. The lowest BCUT2D eigenvalue weighted by molar-refractivity contribution is -0.142. The highest BCUT2D eigenvalue weighted by atomic mass is 16.2. The molecule has 7 heteroatoms. The fourth-order valence-electron chi connectivity index (χ4n) is 6.49. The van der Waals surface area contributed by atoms with Gasteiger partial charge >= 0.3 is 0 Å². The van der Waals surface area contributed by atoms with Gasteiger partial charge in [0.25, 0.3) is 5.91 Å². The standard InChI is InChI=1S/C28H33N5O2/c1-20(2)33-26(34)23-9-4-3-8-22(23)25(27(35)31-13-7-14-31)28(33)11-16-30(17-12-28)19-21-18-29-24-10-5-6-15-32(21)24/h3-6,8-10,15,18,20,25H,7,11-14,16-17,19H2,1-2H3. The van der Waals surface area contributed by atoms with Crippen LogP contribution >= 0.6 is 0 Å². The summed E-state index contributed by atoms with van der Waals surface area (Å²) in [5, 5.41) is 0. The number of hydrogen-bond donors (Lipinski definition) is 0. The Bertz CT molecular complexity index is 1270. The van der Waals surface area contributed by atoms with Gasteiger partial charge in [0.1, 0.15) is 5.65 Å². The first kappa shape index (κ1) is 22.3. The number of piperidine rings is 1. The number of likely N-dealkylation sites (tertiary alicyclic amines) is 2. The van der Waals surface area contributed by atoms with Crippen LogP contribution in [0.25, 0.3) is 5.65 Å². The molecule has 2 amide bonds. The first-order valence-corrected chi connectivity index (χ1v) is 12.8. The van der Waals surface area contributed by atoms with E-state index in [1.807, 2.05) is 53.6 Å². The maximum Gasteiger partial charge on any atom is 0.254 e. The summed E-state index contributed by atoms with van der Waals surface area (Å²) in [7, 11) is 0. The Hall–Kier alpha value is -3.19. The minimum Gasteiger partial charge on any atom is -0.342 e. The van der Waals surface area contributed by atoms with Crippen LogP contribution in [0.1, 0.15) is 60.6 Å². The molecule has 0 aliphatic carbocycles. The van der Waals surface area contributed by atoms with Gasteiger partial charge in [-0.15, -0.1) is 0 Å². The maximum absolute atomic E-state index is 13.9. The van der Waals surface area contributed by atoms with Gasteiger partial charge in [0.2, 0.25) is 5.91 Å². The van der Waals surface area contributed by atoms with Crippen molar-refractivity contribution in [2.45, 2.75) is 57.2 Å². The third-order valence-corrected chi connectivity index (χ3v) is 8.27. The number of pyridine rings is 1. The number of carbonyl (C=O) groups is 2. The van der Waals surface area contributed by atoms with E-state index in [9.17, 15) is 9.59 Å². The van der Waals surface area contributed by atoms with Gasteiger partial charge in [-0.2, -0.15) is 0 Å². The van der Waals surface area contributed by atoms with Crippen molar-refractivity contribution in [2.75, 3.05) is 26.2 Å². The van der Waals surface area contributed by atoms with Gasteiger partial charge in [-0.1, -0.05) is 24.3 Å². The van der Waals surface area contributed by atoms with Crippen LogP contribution in [-0.4, -0.2) is 73.7 Å². The van der Waals surface area contributed by atoms with E-state index in [0.29, 0.717) is 5.56 Å². The highest BCUT2D eigenvalue weighted by Crippen LogP contribution is 2.49. The van der Waals surface area contributed by atoms with Gasteiger partial charge in [0.15, 0.2) is 0 Å². The maximum atomic E-state index is 13.9. The summed E-state index contributed by atoms with van der Waals surface area (Å²) >= 11 is 0. The molecule has 7 nitrogen and oxygen atoms in total. The van der Waals surface area contributed by atoms with Gasteiger partial charge < -0.3 is 14.2 Å². The summed E-state index contributed by atoms with van der Waals surface area (Å²) in [5.41, 5.74) is 3.23. The number of imidazole rings is 1. The van der Waals surface area contributed by atoms with Crippen LogP contribution in [0.2, 0.25) is 0 Å². The van der Waals surface area contributed by atoms with Crippen LogP contribution in [0.4, 0.5) is 0 Å². The second-order valence-corrected chi connectivity index (χ2v) is 10.5. The van der Waals surface area contributed by atoms with Crippen molar-refractivity contribution in [3.8, 4) is 0 Å². The van der Waals surface area contributed by atoms with Crippen molar-refractivity contribution in [3.63, 3.8) is 0 Å². The molecule has 1 unspecified atom stereocenters. The molecule has 1 aromatic carbocycles. The Morgan fingerprint density at radius 1 is 1.06 bits per heavy atom. The van der Waals surface area contributed by atoms with E-state index < -0.39 is 5.54 Å². The molecule has 182 valence electrons. The zero-order chi connectivity index (χ0) is 24.2. The number of amides is 2. The topological polar surface area (TPSA) is 61.2 Å². The first-order chi connectivity index (χ1) is 17.0. The van der Waals surface area contributed by atoms with Crippen LogP contribution < -0.4 is 0 Å². The van der Waals surface area contributed by atoms with E-state index in [-0.39, 0.29) is 23.8 Å². The quantitative estimate of drug-likeness (QED) is 0.584. The molecule has 2 saturated heterocycles. The number of aromatic nitrogens is 2. The number of benzene rings is 1. The SMILES string of the molecule is CC(C)N1C(=O)c2ccccc2C(C(=O)N2CCC2)C12CCN(Cc1cnc3ccccn13)CC2. The summed E-state index contributed by atoms with van der Waals surface area (Å²) in [6.07, 6.45) is 6.64. The zero-order valence-electron chi connectivity index (χ0n) is 20.6. The van der Waals surface area contributed by atoms with E-state index in [1.165, 1.54) is 0 Å². The molecule has 2 fully saturated rings. The van der Waals surface area contributed by atoms with Gasteiger partial charge in [-0.25, -0.2) is 4.98 Å². The molecule has 0 N–H and O–H groups in total. The third kappa shape index (κ3) is 3.47. The fraction of sp³-hybridized carbons (Fsp3) is 0.464. The smallest absolute Gasteiger partial charge is 0.254 e. The minimum atomic E-state index is -0.498. The lowest BCUT2D eigenvalue weighted by Gasteiger charge is -2.57. The molecule has 1 spiro atoms. The van der Waals surface area contributed by atoms with Crippen molar-refractivity contribution < 1.29 is 9.59 Å². The summed E-state index contributed by atoms with van der Waals surface area (Å²) in [4.78, 5) is 38.8. The van der Waals surface area contributed by atoms with Crippen molar-refractivity contribution in [1.82, 2.24) is 24.1 Å². The predicted molar refractivity (Wildman–Crippen MR) is 134 cm³/mol. The molecule has 0 bridgehead atoms. The van der Waals surface area contributed by atoms with Crippen LogP contribution in [0.5, 0.6) is 0 Å². The molecule has 5 heterocycles. The van der Waals surface area contributed by atoms with Crippen LogP contribution in [-0.2, 0) is 11.3 Å². The highest BCUT2D eigenvalue weighted by Gasteiger charge is 2.57. The molecule has 3 aromatic rings. The first-order valence-electron chi connectivity index (χ1n) is 12.8. The molecule has 2 aromatic heterocycles. The fourth-order valence-corrected chi connectivity index (χ4v) is 6.49. The Kier molecular flexibility index (Phi) is 5.40. The summed E-state index contributed by atoms with van der Waals surface area (Å²) in [5.74, 6) is -0.0485. The number of rotatable bonds is 4. The second-order valence-electron chi connectivity index (χ2n) is 10.5. The van der Waals surface area contributed by atoms with E-state index in [1.54, 1.807) is 0 Å². The van der Waals surface area contributed by atoms with Crippen LogP contribution in [0, 0.1) is 0 Å². The van der Waals surface area contributed by atoms with Crippen molar-refractivity contribution in [3.05, 3.63) is 71.7 Å². The molecule has 0 radical (unpaired) electrons. The Labute approximate surface area is 206 Å². The molecule has 6 rings (SSSR count). The second kappa shape index (κ2) is 8.48. The Balaban J connectivity index is 1.34. The van der Waals surface area contributed by atoms with Gasteiger partial charge in [-0.05, 0) is 56.9 Å². The van der Waals surface area contributed by atoms with Gasteiger partial charge in [0, 0.05) is 50.5 Å². The van der Waals surface area contributed by atoms with Gasteiger partial charge in [-0.3, -0.25) is 14.5 Å². The lowest BCUT2D eigenvalue weighted by Crippen LogP contribution is -2.67. The van der Waals surface area contributed by atoms with Crippen molar-refractivity contribution >= 4 is 17.5 Å². The van der Waals surface area contributed by atoms with E-state index in [4.69, 9.17) is 0 Å². The predicted octanol–water partition coefficient (Wildman–Crippen LogP) is 3.55. The number of hydrogen-bond acceptors (Lipinski definition) is 4. The number of carbonyl (C=O) groups excluding carboxylic acids is 2. The highest BCUT2D eigenvalue weighted by molar-refractivity contribution is 6.02. The third-order valence-electron chi connectivity index (χ3n) is 8.27. The molecule has 3 aliphatic rings. The normalized spacial score (nSPS) is 22.0. The van der Waals surface area contributed by atoms with Crippen molar-refractivity contribution in [1.29, 1.82) is 0 Å². The molecule has 0 saturated carbocycles. The van der Waals surface area contributed by atoms with E-state index in [2.05, 4.69) is 39.2 Å². The van der Waals surface area contributed by atoms with Crippen molar-refractivity contribution in [2.24, 2.45) is 0 Å². The van der Waals surface area contributed by atoms with E-state index >= 15 is 0 Å². The molecular formula is C28H33N5O2. The molecule has 35 heavy (non-hydrogen) atoms. The monoisotopic (exact) mass is 471 g/mol. The largest absolute Gasteiger partial charge is 0.342 e. The van der Waals surface area contributed by atoms with Crippen LogP contribution in [0.3, 0.4) is 0 Å². The lowest BCUT2D eigenvalue weighted by atomic mass is 9.66. The summed E-state index contributed by atoms with van der Waals surface area (Å²) in [6, 6.07) is 13.9. The summed E-state index contributed by atoms with van der Waals surface area (Å²) < 4.78 is 2.14. The Morgan fingerprint density at radius 2 is 1.80 bits per heavy atom. The summed E-state index contributed by atoms with van der Waals surface area (Å²) in [6.45, 7) is 8.30. The van der Waals surface area contributed by atoms with Gasteiger partial charge in [0.05, 0.1) is 23.3 Å².